The van der Waals surface area contributed by atoms with Gasteiger partial charge in [0.2, 0.25) is 5.91 Å². The minimum atomic E-state index is -0.389. The number of carbonyl (C=O) groups is 2. The van der Waals surface area contributed by atoms with Crippen molar-refractivity contribution in [2.75, 3.05) is 26.2 Å². The minimum Gasteiger partial charge on any atom is -0.348 e. The molecule has 0 aliphatic carbocycles. The number of carbonyl (C=O) groups excluding carboxylic acids is 2. The van der Waals surface area contributed by atoms with E-state index in [0.717, 1.165) is 38.0 Å². The zero-order valence-corrected chi connectivity index (χ0v) is 17.4. The first-order chi connectivity index (χ1) is 14.5. The highest BCUT2D eigenvalue weighted by Gasteiger charge is 2.51. The third kappa shape index (κ3) is 2.81. The summed E-state index contributed by atoms with van der Waals surface area (Å²) in [4.78, 5) is 30.0. The Bertz CT molecular complexity index is 1130. The van der Waals surface area contributed by atoms with Crippen molar-refractivity contribution in [2.24, 2.45) is 12.5 Å². The Kier molecular flexibility index (Phi) is 4.38. The summed E-state index contributed by atoms with van der Waals surface area (Å²) in [7, 11) is 1.95. The summed E-state index contributed by atoms with van der Waals surface area (Å²) in [6.07, 6.45) is 6.33. The second-order valence-corrected chi connectivity index (χ2v) is 8.47. The molecule has 8 nitrogen and oxygen atoms in total. The van der Waals surface area contributed by atoms with E-state index < -0.39 is 0 Å². The van der Waals surface area contributed by atoms with Crippen LogP contribution in [0.15, 0.2) is 36.7 Å². The highest BCUT2D eigenvalue weighted by atomic mass is 16.2. The molecule has 30 heavy (non-hydrogen) atoms. The van der Waals surface area contributed by atoms with Crippen LogP contribution in [-0.2, 0) is 11.8 Å². The fourth-order valence-corrected chi connectivity index (χ4v) is 4.87. The van der Waals surface area contributed by atoms with Gasteiger partial charge in [-0.25, -0.2) is 0 Å². The highest BCUT2D eigenvalue weighted by molar-refractivity contribution is 5.96. The topological polar surface area (TPSA) is 75.7 Å². The van der Waals surface area contributed by atoms with Gasteiger partial charge in [0.25, 0.3) is 5.91 Å². The molecule has 0 N–H and O–H groups in total. The zero-order valence-electron chi connectivity index (χ0n) is 17.4. The van der Waals surface area contributed by atoms with Crippen LogP contribution in [0.3, 0.4) is 0 Å². The van der Waals surface area contributed by atoms with E-state index in [0.29, 0.717) is 30.1 Å². The van der Waals surface area contributed by atoms with Gasteiger partial charge >= 0.3 is 0 Å². The summed E-state index contributed by atoms with van der Waals surface area (Å²) in [6, 6.07) is 7.55. The smallest absolute Gasteiger partial charge is 0.255 e. The van der Waals surface area contributed by atoms with Crippen LogP contribution in [0.2, 0.25) is 0 Å². The first kappa shape index (κ1) is 18.8. The minimum absolute atomic E-state index is 0.0398. The van der Waals surface area contributed by atoms with Crippen molar-refractivity contribution < 1.29 is 9.59 Å². The van der Waals surface area contributed by atoms with Crippen LogP contribution in [0.5, 0.6) is 0 Å². The molecule has 0 bridgehead atoms. The Balaban J connectivity index is 1.41. The monoisotopic (exact) mass is 406 g/mol. The molecule has 1 spiro atoms. The van der Waals surface area contributed by atoms with Crippen LogP contribution >= 0.6 is 0 Å². The molecule has 1 atom stereocenters. The molecule has 2 aliphatic rings. The van der Waals surface area contributed by atoms with Gasteiger partial charge in [-0.15, -0.1) is 10.2 Å². The predicted octanol–water partition coefficient (Wildman–Crippen LogP) is 2.21. The van der Waals surface area contributed by atoms with Crippen LogP contribution in [-0.4, -0.2) is 67.0 Å². The summed E-state index contributed by atoms with van der Waals surface area (Å²) in [5.74, 6) is 0.883. The van der Waals surface area contributed by atoms with Gasteiger partial charge in [-0.3, -0.25) is 14.0 Å². The lowest BCUT2D eigenvalue weighted by atomic mass is 9.85. The van der Waals surface area contributed by atoms with Crippen LogP contribution in [0.4, 0.5) is 0 Å². The summed E-state index contributed by atoms with van der Waals surface area (Å²) < 4.78 is 3.83. The third-order valence-electron chi connectivity index (χ3n) is 6.56. The standard InChI is InChI=1S/C22H26N6O2/c1-3-10-26-12-8-22(21(26)30)9-13-27(15-22)20(29)16-6-7-18-23-24-19(28(18)14-16)17-5-4-11-25(17)2/h4-7,11,14H,3,8-10,12-13,15H2,1-2H3. The molecule has 2 saturated heterocycles. The Morgan fingerprint density at radius 2 is 2.00 bits per heavy atom. The number of likely N-dealkylation sites (tertiary alicyclic amines) is 2. The SMILES string of the molecule is CCCN1CCC2(CCN(C(=O)c3ccc4nnc(-c5cccn5C)n4c3)C2)C1=O. The summed E-state index contributed by atoms with van der Waals surface area (Å²) in [5.41, 5.74) is 1.83. The van der Waals surface area contributed by atoms with Crippen molar-refractivity contribution in [2.45, 2.75) is 26.2 Å². The maximum Gasteiger partial charge on any atom is 0.255 e. The number of amides is 2. The van der Waals surface area contributed by atoms with E-state index in [4.69, 9.17) is 0 Å². The van der Waals surface area contributed by atoms with E-state index in [1.165, 1.54) is 0 Å². The lowest BCUT2D eigenvalue weighted by Crippen LogP contribution is -2.38. The van der Waals surface area contributed by atoms with Crippen molar-refractivity contribution in [3.05, 3.63) is 42.2 Å². The summed E-state index contributed by atoms with van der Waals surface area (Å²) in [5, 5.41) is 8.54. The van der Waals surface area contributed by atoms with Crippen molar-refractivity contribution in [3.8, 4) is 11.5 Å². The molecule has 3 aromatic heterocycles. The number of aryl methyl sites for hydroxylation is 1. The Labute approximate surface area is 175 Å². The Morgan fingerprint density at radius 3 is 2.77 bits per heavy atom. The van der Waals surface area contributed by atoms with Gasteiger partial charge in [0.05, 0.1) is 16.7 Å². The van der Waals surface area contributed by atoms with Gasteiger partial charge < -0.3 is 14.4 Å². The first-order valence-corrected chi connectivity index (χ1v) is 10.6. The maximum atomic E-state index is 13.3. The average Bonchev–Trinajstić information content (AvgIpc) is 3.52. The van der Waals surface area contributed by atoms with E-state index in [1.807, 2.05) is 56.4 Å². The number of hydrogen-bond donors (Lipinski definition) is 0. The van der Waals surface area contributed by atoms with Crippen molar-refractivity contribution >= 4 is 17.5 Å². The normalized spacial score (nSPS) is 21.5. The highest BCUT2D eigenvalue weighted by Crippen LogP contribution is 2.41. The second-order valence-electron chi connectivity index (χ2n) is 8.47. The van der Waals surface area contributed by atoms with Crippen LogP contribution in [0.25, 0.3) is 17.2 Å². The third-order valence-corrected chi connectivity index (χ3v) is 6.56. The first-order valence-electron chi connectivity index (χ1n) is 10.6. The van der Waals surface area contributed by atoms with E-state index in [2.05, 4.69) is 17.1 Å². The number of pyridine rings is 1. The number of hydrogen-bond acceptors (Lipinski definition) is 4. The predicted molar refractivity (Wildman–Crippen MR) is 112 cm³/mol. The lowest BCUT2D eigenvalue weighted by molar-refractivity contribution is -0.135. The molecule has 0 saturated carbocycles. The second kappa shape index (κ2) is 6.97. The molecule has 0 aromatic carbocycles. The van der Waals surface area contributed by atoms with E-state index in [9.17, 15) is 9.59 Å². The van der Waals surface area contributed by atoms with E-state index >= 15 is 0 Å². The van der Waals surface area contributed by atoms with Gasteiger partial charge in [0.1, 0.15) is 0 Å². The van der Waals surface area contributed by atoms with Gasteiger partial charge in [0, 0.05) is 45.6 Å². The molecule has 3 aromatic rings. The Hall–Kier alpha value is -3.16. The van der Waals surface area contributed by atoms with Crippen LogP contribution in [0.1, 0.15) is 36.5 Å². The largest absolute Gasteiger partial charge is 0.348 e. The van der Waals surface area contributed by atoms with Gasteiger partial charge in [0.15, 0.2) is 11.5 Å². The molecule has 1 unspecified atom stereocenters. The van der Waals surface area contributed by atoms with Gasteiger partial charge in [-0.1, -0.05) is 6.92 Å². The molecule has 2 fully saturated rings. The zero-order chi connectivity index (χ0) is 20.9. The molecule has 5 heterocycles. The van der Waals surface area contributed by atoms with Crippen molar-refractivity contribution in [1.29, 1.82) is 0 Å². The van der Waals surface area contributed by atoms with Gasteiger partial charge in [-0.2, -0.15) is 0 Å². The fraction of sp³-hybridized carbons (Fsp3) is 0.455. The van der Waals surface area contributed by atoms with Gasteiger partial charge in [-0.05, 0) is 43.5 Å². The number of nitrogens with zero attached hydrogens (tertiary/aromatic N) is 6. The van der Waals surface area contributed by atoms with E-state index in [-0.39, 0.29) is 17.2 Å². The molecule has 2 aliphatic heterocycles. The maximum absolute atomic E-state index is 13.3. The summed E-state index contributed by atoms with van der Waals surface area (Å²) in [6.45, 7) is 4.83. The molecule has 0 radical (unpaired) electrons. The molecular formula is C22H26N6O2. The summed E-state index contributed by atoms with van der Waals surface area (Å²) >= 11 is 0. The number of fused-ring (bicyclic) bond motifs is 1. The Morgan fingerprint density at radius 1 is 1.17 bits per heavy atom. The molecule has 8 heteroatoms. The van der Waals surface area contributed by atoms with E-state index in [1.54, 1.807) is 6.07 Å². The fourth-order valence-electron chi connectivity index (χ4n) is 4.87. The van der Waals surface area contributed by atoms with Crippen LogP contribution < -0.4 is 0 Å². The van der Waals surface area contributed by atoms with Crippen LogP contribution in [0, 0.1) is 5.41 Å². The number of aromatic nitrogens is 4. The van der Waals surface area contributed by atoms with Crippen molar-refractivity contribution in [3.63, 3.8) is 0 Å². The molecular weight excluding hydrogens is 380 g/mol. The molecule has 5 rings (SSSR count). The average molecular weight is 406 g/mol. The lowest BCUT2D eigenvalue weighted by Gasteiger charge is -2.23. The number of rotatable bonds is 4. The quantitative estimate of drug-likeness (QED) is 0.666. The molecule has 156 valence electrons. The molecule has 2 amide bonds. The van der Waals surface area contributed by atoms with Crippen molar-refractivity contribution in [1.82, 2.24) is 29.0 Å².